The second-order valence-electron chi connectivity index (χ2n) is 4.12. The lowest BCUT2D eigenvalue weighted by atomic mass is 10.2. The third kappa shape index (κ3) is 3.28. The average Bonchev–Trinajstić information content (AvgIpc) is 2.76. The van der Waals surface area contributed by atoms with E-state index in [-0.39, 0.29) is 0 Å². The lowest BCUT2D eigenvalue weighted by Gasteiger charge is -2.06. The number of benzene rings is 1. The molecular weight excluding hydrogens is 250 g/mol. The Morgan fingerprint density at radius 2 is 2.00 bits per heavy atom. The minimum atomic E-state index is 0.381. The van der Waals surface area contributed by atoms with Crippen molar-refractivity contribution in [3.63, 3.8) is 0 Å². The van der Waals surface area contributed by atoms with E-state index in [2.05, 4.69) is 5.32 Å². The van der Waals surface area contributed by atoms with Gasteiger partial charge in [0, 0.05) is 0 Å². The van der Waals surface area contributed by atoms with E-state index in [1.807, 2.05) is 44.3 Å². The van der Waals surface area contributed by atoms with Crippen LogP contribution in [0.15, 0.2) is 34.7 Å². The molecule has 0 amide bonds. The van der Waals surface area contributed by atoms with E-state index in [9.17, 15) is 0 Å². The molecule has 0 atom stereocenters. The Kier molecular flexibility index (Phi) is 4.28. The van der Waals surface area contributed by atoms with Crippen LogP contribution in [0.2, 0.25) is 5.02 Å². The fourth-order valence-electron chi connectivity index (χ4n) is 1.64. The van der Waals surface area contributed by atoms with E-state index in [4.69, 9.17) is 20.8 Å². The fraction of sp³-hybridized carbons (Fsp3) is 0.286. The van der Waals surface area contributed by atoms with Gasteiger partial charge in [-0.1, -0.05) is 17.7 Å². The fourth-order valence-corrected chi connectivity index (χ4v) is 1.93. The van der Waals surface area contributed by atoms with Gasteiger partial charge in [-0.25, -0.2) is 0 Å². The van der Waals surface area contributed by atoms with Gasteiger partial charge < -0.3 is 14.5 Å². The lowest BCUT2D eigenvalue weighted by Crippen LogP contribution is -2.03. The van der Waals surface area contributed by atoms with Crippen LogP contribution < -0.4 is 10.1 Å². The molecule has 18 heavy (non-hydrogen) atoms. The number of hydrogen-bond acceptors (Lipinski definition) is 3. The first kappa shape index (κ1) is 13.0. The quantitative estimate of drug-likeness (QED) is 0.898. The van der Waals surface area contributed by atoms with Gasteiger partial charge in [0.25, 0.3) is 0 Å². The van der Waals surface area contributed by atoms with Crippen molar-refractivity contribution in [3.8, 4) is 5.75 Å². The first-order valence-corrected chi connectivity index (χ1v) is 6.18. The molecule has 0 radical (unpaired) electrons. The van der Waals surface area contributed by atoms with Crippen LogP contribution in [0.1, 0.15) is 17.1 Å². The summed E-state index contributed by atoms with van der Waals surface area (Å²) < 4.78 is 11.2. The maximum absolute atomic E-state index is 6.09. The highest BCUT2D eigenvalue weighted by atomic mass is 35.5. The zero-order valence-corrected chi connectivity index (χ0v) is 11.3. The van der Waals surface area contributed by atoms with Crippen LogP contribution in [0.25, 0.3) is 0 Å². The van der Waals surface area contributed by atoms with Crippen molar-refractivity contribution in [1.29, 1.82) is 0 Å². The summed E-state index contributed by atoms with van der Waals surface area (Å²) in [6.45, 7) is 3.09. The van der Waals surface area contributed by atoms with Crippen LogP contribution in [-0.4, -0.2) is 7.05 Å². The van der Waals surface area contributed by atoms with Gasteiger partial charge in [0.1, 0.15) is 23.9 Å². The number of ether oxygens (including phenoxy) is 1. The Morgan fingerprint density at radius 3 is 2.72 bits per heavy atom. The molecule has 96 valence electrons. The van der Waals surface area contributed by atoms with Crippen molar-refractivity contribution in [3.05, 3.63) is 52.4 Å². The second-order valence-corrected chi connectivity index (χ2v) is 4.53. The molecule has 0 saturated heterocycles. The van der Waals surface area contributed by atoms with Gasteiger partial charge >= 0.3 is 0 Å². The standard InChI is InChI=1S/C14H16ClNO2/c1-10-3-6-14(13(15)7-10)17-9-12-5-4-11(18-12)8-16-2/h3-7,16H,8-9H2,1-2H3. The van der Waals surface area contributed by atoms with Crippen molar-refractivity contribution < 1.29 is 9.15 Å². The first-order chi connectivity index (χ1) is 8.69. The summed E-state index contributed by atoms with van der Waals surface area (Å²) in [5.41, 5.74) is 1.11. The van der Waals surface area contributed by atoms with E-state index in [0.717, 1.165) is 17.1 Å². The molecule has 0 fully saturated rings. The van der Waals surface area contributed by atoms with Crippen molar-refractivity contribution in [2.45, 2.75) is 20.1 Å². The highest BCUT2D eigenvalue weighted by Gasteiger charge is 2.05. The van der Waals surface area contributed by atoms with Gasteiger partial charge in [-0.05, 0) is 43.8 Å². The van der Waals surface area contributed by atoms with Crippen molar-refractivity contribution in [2.24, 2.45) is 0 Å². The Bertz CT molecular complexity index is 522. The molecule has 0 unspecified atom stereocenters. The molecule has 2 aromatic rings. The highest BCUT2D eigenvalue weighted by molar-refractivity contribution is 6.32. The summed E-state index contributed by atoms with van der Waals surface area (Å²) in [6.07, 6.45) is 0. The van der Waals surface area contributed by atoms with Crippen LogP contribution in [-0.2, 0) is 13.2 Å². The molecule has 1 aromatic carbocycles. The SMILES string of the molecule is CNCc1ccc(COc2ccc(C)cc2Cl)o1. The summed E-state index contributed by atoms with van der Waals surface area (Å²) in [5, 5.41) is 3.65. The molecule has 2 rings (SSSR count). The van der Waals surface area contributed by atoms with Gasteiger partial charge in [-0.3, -0.25) is 0 Å². The Labute approximate surface area is 112 Å². The van der Waals surface area contributed by atoms with Gasteiger partial charge in [0.2, 0.25) is 0 Å². The predicted octanol–water partition coefficient (Wildman–Crippen LogP) is 3.54. The monoisotopic (exact) mass is 265 g/mol. The number of halogens is 1. The third-order valence-electron chi connectivity index (χ3n) is 2.53. The Morgan fingerprint density at radius 1 is 1.22 bits per heavy atom. The van der Waals surface area contributed by atoms with Crippen LogP contribution in [0, 0.1) is 6.92 Å². The summed E-state index contributed by atoms with van der Waals surface area (Å²) in [4.78, 5) is 0. The van der Waals surface area contributed by atoms with Gasteiger partial charge in [-0.2, -0.15) is 0 Å². The van der Waals surface area contributed by atoms with Gasteiger partial charge in [0.05, 0.1) is 11.6 Å². The topological polar surface area (TPSA) is 34.4 Å². The molecule has 0 aliphatic heterocycles. The largest absolute Gasteiger partial charge is 0.484 e. The second kappa shape index (κ2) is 5.94. The molecule has 1 heterocycles. The number of rotatable bonds is 5. The molecule has 0 saturated carbocycles. The average molecular weight is 266 g/mol. The van der Waals surface area contributed by atoms with E-state index in [1.54, 1.807) is 0 Å². The predicted molar refractivity (Wildman–Crippen MR) is 72.0 cm³/mol. The molecule has 0 aliphatic carbocycles. The normalized spacial score (nSPS) is 10.6. The van der Waals surface area contributed by atoms with E-state index >= 15 is 0 Å². The van der Waals surface area contributed by atoms with Crippen molar-refractivity contribution in [1.82, 2.24) is 5.32 Å². The highest BCUT2D eigenvalue weighted by Crippen LogP contribution is 2.26. The summed E-state index contributed by atoms with van der Waals surface area (Å²) in [7, 11) is 1.88. The molecule has 1 N–H and O–H groups in total. The summed E-state index contributed by atoms with van der Waals surface area (Å²) in [5.74, 6) is 2.36. The smallest absolute Gasteiger partial charge is 0.146 e. The molecular formula is C14H16ClNO2. The van der Waals surface area contributed by atoms with Crippen LogP contribution >= 0.6 is 11.6 Å². The number of aryl methyl sites for hydroxylation is 1. The first-order valence-electron chi connectivity index (χ1n) is 5.80. The van der Waals surface area contributed by atoms with Crippen LogP contribution in [0.4, 0.5) is 0 Å². The molecule has 4 heteroatoms. The zero-order valence-electron chi connectivity index (χ0n) is 10.5. The lowest BCUT2D eigenvalue weighted by molar-refractivity contribution is 0.265. The van der Waals surface area contributed by atoms with Gasteiger partial charge in [0.15, 0.2) is 0 Å². The molecule has 3 nitrogen and oxygen atoms in total. The van der Waals surface area contributed by atoms with Crippen LogP contribution in [0.5, 0.6) is 5.75 Å². The number of hydrogen-bond donors (Lipinski definition) is 1. The molecule has 0 spiro atoms. The van der Waals surface area contributed by atoms with E-state index in [1.165, 1.54) is 0 Å². The molecule has 1 aromatic heterocycles. The molecule has 0 aliphatic rings. The minimum Gasteiger partial charge on any atom is -0.484 e. The van der Waals surface area contributed by atoms with E-state index in [0.29, 0.717) is 23.9 Å². The maximum Gasteiger partial charge on any atom is 0.146 e. The molecule has 0 bridgehead atoms. The van der Waals surface area contributed by atoms with E-state index < -0.39 is 0 Å². The third-order valence-corrected chi connectivity index (χ3v) is 2.82. The van der Waals surface area contributed by atoms with Crippen molar-refractivity contribution >= 4 is 11.6 Å². The summed E-state index contributed by atoms with van der Waals surface area (Å²) in [6, 6.07) is 9.57. The number of nitrogens with one attached hydrogen (secondary N) is 1. The van der Waals surface area contributed by atoms with Crippen molar-refractivity contribution in [2.75, 3.05) is 7.05 Å². The number of furan rings is 1. The van der Waals surface area contributed by atoms with Crippen LogP contribution in [0.3, 0.4) is 0 Å². The summed E-state index contributed by atoms with van der Waals surface area (Å²) >= 11 is 6.09. The maximum atomic E-state index is 6.09. The Balaban J connectivity index is 1.97. The zero-order chi connectivity index (χ0) is 13.0. The van der Waals surface area contributed by atoms with Gasteiger partial charge in [-0.15, -0.1) is 0 Å². The minimum absolute atomic E-state index is 0.381. The Hall–Kier alpha value is -1.45.